The maximum Gasteiger partial charge on any atom is 0.229 e. The van der Waals surface area contributed by atoms with Gasteiger partial charge in [-0.15, -0.1) is 0 Å². The number of amides is 1. The maximum absolute atomic E-state index is 12.9. The predicted molar refractivity (Wildman–Crippen MR) is 99.1 cm³/mol. The van der Waals surface area contributed by atoms with Gasteiger partial charge in [-0.1, -0.05) is 12.1 Å². The number of aromatic nitrogens is 1. The first-order chi connectivity index (χ1) is 13.1. The van der Waals surface area contributed by atoms with E-state index < -0.39 is 5.79 Å². The number of rotatable bonds is 4. The van der Waals surface area contributed by atoms with Gasteiger partial charge in [-0.25, -0.2) is 9.37 Å². The highest BCUT2D eigenvalue weighted by molar-refractivity contribution is 5.91. The number of carbonyl (C=O) groups is 1. The molecule has 27 heavy (non-hydrogen) atoms. The predicted octanol–water partition coefficient (Wildman–Crippen LogP) is 2.75. The summed E-state index contributed by atoms with van der Waals surface area (Å²) in [5.74, 6) is -0.386. The van der Waals surface area contributed by atoms with E-state index in [1.807, 2.05) is 6.07 Å². The lowest BCUT2D eigenvalue weighted by Crippen LogP contribution is -2.45. The van der Waals surface area contributed by atoms with Gasteiger partial charge in [0.05, 0.1) is 31.5 Å². The first-order valence-electron chi connectivity index (χ1n) is 9.15. The number of nitrogens with one attached hydrogen (secondary N) is 1. The van der Waals surface area contributed by atoms with Crippen LogP contribution in [-0.2, 0) is 20.7 Å². The molecule has 1 aromatic carbocycles. The molecule has 0 bridgehead atoms. The van der Waals surface area contributed by atoms with Gasteiger partial charge in [0.25, 0.3) is 0 Å². The monoisotopic (exact) mass is 371 g/mol. The van der Waals surface area contributed by atoms with E-state index >= 15 is 0 Å². The van der Waals surface area contributed by atoms with E-state index in [2.05, 4.69) is 15.2 Å². The SMILES string of the molecule is O=C(Cc1ccc(F)cc1)Nc1ccc(N2CCC3(CC2)OCCO3)cn1. The fraction of sp³-hybridized carbons (Fsp3) is 0.400. The molecule has 142 valence electrons. The second-order valence-corrected chi connectivity index (χ2v) is 6.85. The summed E-state index contributed by atoms with van der Waals surface area (Å²) in [4.78, 5) is 18.7. The molecule has 2 aliphatic rings. The van der Waals surface area contributed by atoms with Crippen molar-refractivity contribution in [3.05, 3.63) is 54.0 Å². The molecule has 2 saturated heterocycles. The first-order valence-corrected chi connectivity index (χ1v) is 9.15. The molecule has 3 heterocycles. The maximum atomic E-state index is 12.9. The Morgan fingerprint density at radius 2 is 1.81 bits per heavy atom. The third kappa shape index (κ3) is 4.26. The lowest BCUT2D eigenvalue weighted by atomic mass is 10.0. The summed E-state index contributed by atoms with van der Waals surface area (Å²) in [6, 6.07) is 9.65. The molecule has 1 aromatic heterocycles. The zero-order chi connectivity index (χ0) is 18.7. The van der Waals surface area contributed by atoms with E-state index in [0.717, 1.165) is 37.2 Å². The quantitative estimate of drug-likeness (QED) is 0.895. The summed E-state index contributed by atoms with van der Waals surface area (Å²) in [6.45, 7) is 3.04. The van der Waals surface area contributed by atoms with Crippen LogP contribution in [0.15, 0.2) is 42.6 Å². The minimum absolute atomic E-state index is 0.178. The van der Waals surface area contributed by atoms with E-state index in [-0.39, 0.29) is 18.1 Å². The van der Waals surface area contributed by atoms with Gasteiger partial charge in [0.1, 0.15) is 11.6 Å². The number of benzene rings is 1. The molecule has 2 fully saturated rings. The third-order valence-electron chi connectivity index (χ3n) is 5.00. The summed E-state index contributed by atoms with van der Waals surface area (Å²) in [7, 11) is 0. The highest BCUT2D eigenvalue weighted by Gasteiger charge is 2.39. The molecular formula is C20H22FN3O3. The largest absolute Gasteiger partial charge is 0.370 e. The van der Waals surface area contributed by atoms with Crippen molar-refractivity contribution in [2.45, 2.75) is 25.0 Å². The molecule has 1 N–H and O–H groups in total. The Kier molecular flexibility index (Phi) is 5.05. The second kappa shape index (κ2) is 7.62. The van der Waals surface area contributed by atoms with E-state index in [4.69, 9.17) is 9.47 Å². The van der Waals surface area contributed by atoms with Crippen molar-refractivity contribution in [1.82, 2.24) is 4.98 Å². The summed E-state index contributed by atoms with van der Waals surface area (Å²) in [6.07, 6.45) is 3.62. The zero-order valence-electron chi connectivity index (χ0n) is 15.0. The van der Waals surface area contributed by atoms with Crippen LogP contribution in [-0.4, -0.2) is 43.0 Å². The molecule has 6 nitrogen and oxygen atoms in total. The van der Waals surface area contributed by atoms with Crippen LogP contribution in [0.25, 0.3) is 0 Å². The minimum Gasteiger partial charge on any atom is -0.370 e. The number of piperidine rings is 1. The molecule has 2 aromatic rings. The number of halogens is 1. The third-order valence-corrected chi connectivity index (χ3v) is 5.00. The van der Waals surface area contributed by atoms with Gasteiger partial charge in [-0.2, -0.15) is 0 Å². The first kappa shape index (κ1) is 17.9. The van der Waals surface area contributed by atoms with E-state index in [0.29, 0.717) is 19.0 Å². The highest BCUT2D eigenvalue weighted by Crippen LogP contribution is 2.33. The van der Waals surface area contributed by atoms with Gasteiger partial charge >= 0.3 is 0 Å². The van der Waals surface area contributed by atoms with Gasteiger partial charge in [0.2, 0.25) is 5.91 Å². The van der Waals surface area contributed by atoms with Crippen molar-refractivity contribution < 1.29 is 18.7 Å². The van der Waals surface area contributed by atoms with Crippen LogP contribution in [0.5, 0.6) is 0 Å². The van der Waals surface area contributed by atoms with Crippen molar-refractivity contribution in [1.29, 1.82) is 0 Å². The molecule has 1 amide bonds. The molecule has 0 atom stereocenters. The van der Waals surface area contributed by atoms with Crippen molar-refractivity contribution >= 4 is 17.4 Å². The van der Waals surface area contributed by atoms with Crippen LogP contribution >= 0.6 is 0 Å². The number of carbonyl (C=O) groups excluding carboxylic acids is 1. The standard InChI is InChI=1S/C20H22FN3O3/c21-16-3-1-15(2-4-16)13-19(25)23-18-6-5-17(14-22-18)24-9-7-20(8-10-24)26-11-12-27-20/h1-6,14H,7-13H2,(H,22,23,25). The smallest absolute Gasteiger partial charge is 0.229 e. The number of ether oxygens (including phenoxy) is 2. The zero-order valence-corrected chi connectivity index (χ0v) is 15.0. The molecule has 4 rings (SSSR count). The topological polar surface area (TPSA) is 63.7 Å². The van der Waals surface area contributed by atoms with E-state index in [9.17, 15) is 9.18 Å². The minimum atomic E-state index is -0.391. The second-order valence-electron chi connectivity index (χ2n) is 6.85. The highest BCUT2D eigenvalue weighted by atomic mass is 19.1. The average Bonchev–Trinajstić information content (AvgIpc) is 3.13. The summed E-state index contributed by atoms with van der Waals surface area (Å²) < 4.78 is 24.4. The lowest BCUT2D eigenvalue weighted by molar-refractivity contribution is -0.169. The molecule has 0 radical (unpaired) electrons. The van der Waals surface area contributed by atoms with E-state index in [1.54, 1.807) is 24.4 Å². The van der Waals surface area contributed by atoms with Crippen LogP contribution in [0.2, 0.25) is 0 Å². The lowest BCUT2D eigenvalue weighted by Gasteiger charge is -2.38. The van der Waals surface area contributed by atoms with Gasteiger partial charge in [-0.05, 0) is 29.8 Å². The Morgan fingerprint density at radius 3 is 2.44 bits per heavy atom. The Bertz CT molecular complexity index is 779. The van der Waals surface area contributed by atoms with Crippen molar-refractivity contribution in [2.24, 2.45) is 0 Å². The van der Waals surface area contributed by atoms with Crippen LogP contribution in [0.3, 0.4) is 0 Å². The summed E-state index contributed by atoms with van der Waals surface area (Å²) in [5, 5.41) is 2.77. The summed E-state index contributed by atoms with van der Waals surface area (Å²) in [5.41, 5.74) is 1.77. The van der Waals surface area contributed by atoms with Crippen molar-refractivity contribution in [2.75, 3.05) is 36.5 Å². The van der Waals surface area contributed by atoms with E-state index in [1.165, 1.54) is 12.1 Å². The Balaban J connectivity index is 1.31. The number of hydrogen-bond donors (Lipinski definition) is 1. The average molecular weight is 371 g/mol. The molecule has 1 spiro atoms. The molecule has 2 aliphatic heterocycles. The van der Waals surface area contributed by atoms with Gasteiger partial charge in [0.15, 0.2) is 5.79 Å². The van der Waals surface area contributed by atoms with Crippen molar-refractivity contribution in [3.8, 4) is 0 Å². The fourth-order valence-corrected chi connectivity index (χ4v) is 3.51. The fourth-order valence-electron chi connectivity index (χ4n) is 3.51. The van der Waals surface area contributed by atoms with Crippen LogP contribution in [0.4, 0.5) is 15.9 Å². The van der Waals surface area contributed by atoms with Gasteiger partial charge < -0.3 is 19.7 Å². The van der Waals surface area contributed by atoms with Crippen molar-refractivity contribution in [3.63, 3.8) is 0 Å². The molecule has 0 saturated carbocycles. The Labute approximate surface area is 157 Å². The molecule has 0 aliphatic carbocycles. The number of pyridine rings is 1. The number of nitrogens with zero attached hydrogens (tertiary/aromatic N) is 2. The van der Waals surface area contributed by atoms with Gasteiger partial charge in [0, 0.05) is 25.9 Å². The van der Waals surface area contributed by atoms with Crippen LogP contribution in [0, 0.1) is 5.82 Å². The molecular weight excluding hydrogens is 349 g/mol. The molecule has 7 heteroatoms. The number of hydrogen-bond acceptors (Lipinski definition) is 5. The normalized spacial score (nSPS) is 18.6. The Hall–Kier alpha value is -2.51. The molecule has 0 unspecified atom stereocenters. The Morgan fingerprint density at radius 1 is 1.11 bits per heavy atom. The van der Waals surface area contributed by atoms with Crippen LogP contribution < -0.4 is 10.2 Å². The van der Waals surface area contributed by atoms with Crippen LogP contribution in [0.1, 0.15) is 18.4 Å². The summed E-state index contributed by atoms with van der Waals surface area (Å²) >= 11 is 0. The number of anilines is 2. The van der Waals surface area contributed by atoms with Gasteiger partial charge in [-0.3, -0.25) is 4.79 Å².